The summed E-state index contributed by atoms with van der Waals surface area (Å²) in [5.74, 6) is -0.0843. The molecule has 0 bridgehead atoms. The molecule has 17 heavy (non-hydrogen) atoms. The van der Waals surface area contributed by atoms with Gasteiger partial charge < -0.3 is 15.2 Å². The first-order valence-electron chi connectivity index (χ1n) is 6.78. The highest BCUT2D eigenvalue weighted by atomic mass is 16.5. The number of hydrogen-bond acceptors (Lipinski definition) is 3. The molecule has 1 saturated carbocycles. The molecule has 0 radical (unpaired) electrons. The van der Waals surface area contributed by atoms with Gasteiger partial charge in [-0.15, -0.1) is 0 Å². The summed E-state index contributed by atoms with van der Waals surface area (Å²) in [6, 6.07) is 0.594. The number of carbonyl (C=O) groups is 1. The average molecular weight is 241 g/mol. The molecule has 4 nitrogen and oxygen atoms in total. The Morgan fingerprint density at radius 3 is 2.71 bits per heavy atom. The van der Waals surface area contributed by atoms with Crippen molar-refractivity contribution in [3.8, 4) is 0 Å². The van der Waals surface area contributed by atoms with Crippen LogP contribution < -0.4 is 5.32 Å². The van der Waals surface area contributed by atoms with Gasteiger partial charge in [0.05, 0.1) is 6.10 Å². The molecule has 4 atom stereocenters. The predicted octanol–water partition coefficient (Wildman–Crippen LogP) is 1.79. The van der Waals surface area contributed by atoms with Gasteiger partial charge in [0.1, 0.15) is 0 Å². The zero-order valence-electron chi connectivity index (χ0n) is 10.5. The minimum Gasteiger partial charge on any atom is -0.479 e. The lowest BCUT2D eigenvalue weighted by Gasteiger charge is -2.30. The Bertz CT molecular complexity index is 269. The second-order valence-electron chi connectivity index (χ2n) is 5.44. The van der Waals surface area contributed by atoms with E-state index in [0.717, 1.165) is 18.9 Å². The van der Waals surface area contributed by atoms with Crippen LogP contribution in [0.5, 0.6) is 0 Å². The van der Waals surface area contributed by atoms with Gasteiger partial charge in [0.2, 0.25) is 0 Å². The highest BCUT2D eigenvalue weighted by Crippen LogP contribution is 2.25. The van der Waals surface area contributed by atoms with Gasteiger partial charge >= 0.3 is 5.97 Å². The van der Waals surface area contributed by atoms with Crippen LogP contribution in [0.15, 0.2) is 0 Å². The van der Waals surface area contributed by atoms with E-state index in [1.54, 1.807) is 0 Å². The molecule has 0 aromatic carbocycles. The van der Waals surface area contributed by atoms with E-state index in [2.05, 4.69) is 12.2 Å². The molecular formula is C13H23NO3. The van der Waals surface area contributed by atoms with E-state index in [9.17, 15) is 4.79 Å². The summed E-state index contributed by atoms with van der Waals surface area (Å²) in [5, 5.41) is 12.4. The molecule has 2 fully saturated rings. The largest absolute Gasteiger partial charge is 0.479 e. The third-order valence-electron chi connectivity index (χ3n) is 4.10. The van der Waals surface area contributed by atoms with Crippen LogP contribution in [0.25, 0.3) is 0 Å². The summed E-state index contributed by atoms with van der Waals surface area (Å²) in [5.41, 5.74) is 0. The van der Waals surface area contributed by atoms with Crippen molar-refractivity contribution >= 4 is 5.97 Å². The van der Waals surface area contributed by atoms with Crippen LogP contribution in [0, 0.1) is 5.92 Å². The number of nitrogens with one attached hydrogen (secondary N) is 1. The monoisotopic (exact) mass is 241 g/mol. The Balaban J connectivity index is 1.70. The highest BCUT2D eigenvalue weighted by Gasteiger charge is 2.31. The van der Waals surface area contributed by atoms with Crippen LogP contribution in [-0.4, -0.2) is 35.9 Å². The number of carboxylic acids is 1. The van der Waals surface area contributed by atoms with E-state index in [1.165, 1.54) is 25.7 Å². The minimum atomic E-state index is -0.821. The second kappa shape index (κ2) is 5.83. The van der Waals surface area contributed by atoms with Gasteiger partial charge in [0.15, 0.2) is 6.10 Å². The van der Waals surface area contributed by atoms with Crippen molar-refractivity contribution in [2.45, 2.75) is 63.7 Å². The maximum Gasteiger partial charge on any atom is 0.332 e. The van der Waals surface area contributed by atoms with Crippen LogP contribution >= 0.6 is 0 Å². The molecule has 1 aliphatic heterocycles. The van der Waals surface area contributed by atoms with Gasteiger partial charge in [0, 0.05) is 12.6 Å². The first kappa shape index (κ1) is 12.8. The molecule has 1 aliphatic carbocycles. The Kier molecular flexibility index (Phi) is 4.40. The van der Waals surface area contributed by atoms with E-state index in [0.29, 0.717) is 12.5 Å². The van der Waals surface area contributed by atoms with E-state index >= 15 is 0 Å². The molecular weight excluding hydrogens is 218 g/mol. The molecule has 2 rings (SSSR count). The third-order valence-corrected chi connectivity index (χ3v) is 4.10. The highest BCUT2D eigenvalue weighted by molar-refractivity contribution is 5.72. The SMILES string of the molecule is CC1CCCCC1NCC1CCC(C(=O)O)O1. The fourth-order valence-electron chi connectivity index (χ4n) is 2.94. The summed E-state index contributed by atoms with van der Waals surface area (Å²) in [7, 11) is 0. The van der Waals surface area contributed by atoms with Crippen LogP contribution in [-0.2, 0) is 9.53 Å². The predicted molar refractivity (Wildman–Crippen MR) is 65.0 cm³/mol. The first-order chi connectivity index (χ1) is 8.16. The topological polar surface area (TPSA) is 58.6 Å². The van der Waals surface area contributed by atoms with Crippen molar-refractivity contribution in [3.05, 3.63) is 0 Å². The van der Waals surface area contributed by atoms with Crippen LogP contribution in [0.4, 0.5) is 0 Å². The lowest BCUT2D eigenvalue weighted by atomic mass is 9.86. The summed E-state index contributed by atoms with van der Waals surface area (Å²) in [4.78, 5) is 10.8. The van der Waals surface area contributed by atoms with Crippen molar-refractivity contribution in [3.63, 3.8) is 0 Å². The maximum atomic E-state index is 10.8. The smallest absolute Gasteiger partial charge is 0.332 e. The number of hydrogen-bond donors (Lipinski definition) is 2. The molecule has 0 aromatic heterocycles. The van der Waals surface area contributed by atoms with E-state index in [1.807, 2.05) is 0 Å². The van der Waals surface area contributed by atoms with Crippen molar-refractivity contribution in [1.82, 2.24) is 5.32 Å². The molecule has 2 N–H and O–H groups in total. The van der Waals surface area contributed by atoms with Gasteiger partial charge in [-0.05, 0) is 31.6 Å². The van der Waals surface area contributed by atoms with E-state index in [-0.39, 0.29) is 6.10 Å². The zero-order chi connectivity index (χ0) is 12.3. The van der Waals surface area contributed by atoms with E-state index in [4.69, 9.17) is 9.84 Å². The fraction of sp³-hybridized carbons (Fsp3) is 0.923. The standard InChI is InChI=1S/C13H23NO3/c1-9-4-2-3-5-11(9)14-8-10-6-7-12(17-10)13(15)16/h9-12,14H,2-8H2,1H3,(H,15,16). The minimum absolute atomic E-state index is 0.0882. The number of aliphatic carboxylic acids is 1. The van der Waals surface area contributed by atoms with Gasteiger partial charge in [-0.1, -0.05) is 19.8 Å². The zero-order valence-corrected chi connectivity index (χ0v) is 10.5. The molecule has 1 heterocycles. The lowest BCUT2D eigenvalue weighted by Crippen LogP contribution is -2.41. The van der Waals surface area contributed by atoms with Crippen LogP contribution in [0.2, 0.25) is 0 Å². The molecule has 1 saturated heterocycles. The summed E-state index contributed by atoms with van der Waals surface area (Å²) in [6.45, 7) is 3.10. The van der Waals surface area contributed by atoms with Gasteiger partial charge in [-0.25, -0.2) is 4.79 Å². The Labute approximate surface area is 103 Å². The summed E-state index contributed by atoms with van der Waals surface area (Å²) < 4.78 is 5.49. The molecule has 0 amide bonds. The average Bonchev–Trinajstić information content (AvgIpc) is 2.77. The van der Waals surface area contributed by atoms with Crippen molar-refractivity contribution in [2.75, 3.05) is 6.54 Å². The Morgan fingerprint density at radius 1 is 1.29 bits per heavy atom. The van der Waals surface area contributed by atoms with Gasteiger partial charge in [0.25, 0.3) is 0 Å². The Hall–Kier alpha value is -0.610. The first-order valence-corrected chi connectivity index (χ1v) is 6.78. The summed E-state index contributed by atoms with van der Waals surface area (Å²) >= 11 is 0. The molecule has 98 valence electrons. The summed E-state index contributed by atoms with van der Waals surface area (Å²) in [6.07, 6.45) is 6.24. The van der Waals surface area contributed by atoms with Crippen LogP contribution in [0.1, 0.15) is 45.4 Å². The van der Waals surface area contributed by atoms with Crippen molar-refractivity contribution in [2.24, 2.45) is 5.92 Å². The molecule has 2 aliphatic rings. The molecule has 0 spiro atoms. The quantitative estimate of drug-likeness (QED) is 0.788. The number of carboxylic acid groups (broad SMARTS) is 1. The van der Waals surface area contributed by atoms with Crippen molar-refractivity contribution < 1.29 is 14.6 Å². The van der Waals surface area contributed by atoms with Gasteiger partial charge in [-0.2, -0.15) is 0 Å². The van der Waals surface area contributed by atoms with Crippen molar-refractivity contribution in [1.29, 1.82) is 0 Å². The number of rotatable bonds is 4. The maximum absolute atomic E-state index is 10.8. The molecule has 4 heteroatoms. The second-order valence-corrected chi connectivity index (χ2v) is 5.44. The van der Waals surface area contributed by atoms with E-state index < -0.39 is 12.1 Å². The normalized spacial score (nSPS) is 38.2. The Morgan fingerprint density at radius 2 is 2.06 bits per heavy atom. The van der Waals surface area contributed by atoms with Gasteiger partial charge in [-0.3, -0.25) is 0 Å². The fourth-order valence-corrected chi connectivity index (χ4v) is 2.94. The van der Waals surface area contributed by atoms with Crippen LogP contribution in [0.3, 0.4) is 0 Å². The molecule has 0 aromatic rings. The number of ether oxygens (including phenoxy) is 1. The lowest BCUT2D eigenvalue weighted by molar-refractivity contribution is -0.149. The third kappa shape index (κ3) is 3.42. The molecule has 4 unspecified atom stereocenters.